The van der Waals surface area contributed by atoms with Crippen LogP contribution in [0.4, 0.5) is 0 Å². The molecule has 4 saturated carbocycles. The zero-order valence-corrected chi connectivity index (χ0v) is 30.4. The number of carbonyl (C=O) groups is 1. The molecule has 258 valence electrons. The first-order valence-corrected chi connectivity index (χ1v) is 19.5. The maximum atomic E-state index is 12.9. The Morgan fingerprint density at radius 2 is 1.64 bits per heavy atom. The summed E-state index contributed by atoms with van der Waals surface area (Å²) < 4.78 is 34.3. The Labute approximate surface area is 271 Å². The Hall–Kier alpha value is -0.700. The van der Waals surface area contributed by atoms with E-state index < -0.39 is 10.4 Å². The summed E-state index contributed by atoms with van der Waals surface area (Å²) in [7, 11) is -0.238. The van der Waals surface area contributed by atoms with Crippen molar-refractivity contribution >= 4 is 16.3 Å². The molecule has 4 rings (SSSR count). The second-order valence-electron chi connectivity index (χ2n) is 16.4. The van der Waals surface area contributed by atoms with Gasteiger partial charge in [-0.05, 0) is 144 Å². The third-order valence-electron chi connectivity index (χ3n) is 12.8. The molecule has 4 fully saturated rings. The fourth-order valence-corrected chi connectivity index (χ4v) is 10.9. The number of rotatable bonds is 13. The molecule has 9 atom stereocenters. The van der Waals surface area contributed by atoms with Gasteiger partial charge in [-0.1, -0.05) is 60.8 Å². The fraction of sp³-hybridized carbons (Fsp3) is 0.972. The van der Waals surface area contributed by atoms with Gasteiger partial charge >= 0.3 is 10.4 Å². The lowest BCUT2D eigenvalue weighted by Crippen LogP contribution is -2.54. The summed E-state index contributed by atoms with van der Waals surface area (Å²) in [6.45, 7) is 16.1. The van der Waals surface area contributed by atoms with Crippen molar-refractivity contribution in [3.05, 3.63) is 0 Å². The number of carbonyl (C=O) groups excluding carboxylic acids is 1. The van der Waals surface area contributed by atoms with E-state index in [1.165, 1.54) is 70.8 Å². The molecule has 0 saturated heterocycles. The Morgan fingerprint density at radius 1 is 0.955 bits per heavy atom. The number of fused-ring (bicyclic) bond motifs is 5. The smallest absolute Gasteiger partial charge is 0.356 e. The van der Waals surface area contributed by atoms with Gasteiger partial charge in [0.2, 0.25) is 5.91 Å². The first-order chi connectivity index (χ1) is 20.6. The molecule has 4 aliphatic carbocycles. The van der Waals surface area contributed by atoms with E-state index in [0.717, 1.165) is 54.8 Å². The lowest BCUT2D eigenvalue weighted by molar-refractivity contribution is -0.139. The first-order valence-electron chi connectivity index (χ1n) is 18.2. The lowest BCUT2D eigenvalue weighted by atomic mass is 9.44. The standard InChI is InChI=1S/C31H55NO5S.C5H13N/c1-21(2)8-6-9-22(3)26-12-13-27-25-11-10-24-20-23(29(33)32-18-7-19-37-38(34,35)36)14-16-30(24,4)28(25)15-17-31(26,27)5;1-4-5-6(2)3/h21-28H,6-20H2,1-5H3,(H,32,33)(H,34,35,36);4-5H2,1-3H3/t22-,23?,24?,25+,26-,27+,28+,30+,31-;/m1./s1. The monoisotopic (exact) mass is 640 g/mol. The summed E-state index contributed by atoms with van der Waals surface area (Å²) >= 11 is 0. The maximum Gasteiger partial charge on any atom is 0.397 e. The average Bonchev–Trinajstić information content (AvgIpc) is 3.29. The molecule has 8 heteroatoms. The van der Waals surface area contributed by atoms with Crippen LogP contribution in [0.25, 0.3) is 0 Å². The van der Waals surface area contributed by atoms with E-state index in [4.69, 9.17) is 4.55 Å². The van der Waals surface area contributed by atoms with Crippen molar-refractivity contribution in [3.8, 4) is 0 Å². The molecular formula is C36H68N2O5S. The minimum atomic E-state index is -4.41. The fourth-order valence-electron chi connectivity index (χ4n) is 10.6. The lowest BCUT2D eigenvalue weighted by Gasteiger charge is -2.61. The highest BCUT2D eigenvalue weighted by Crippen LogP contribution is 2.68. The van der Waals surface area contributed by atoms with Gasteiger partial charge < -0.3 is 10.2 Å². The van der Waals surface area contributed by atoms with Crippen molar-refractivity contribution < 1.29 is 21.9 Å². The zero-order chi connectivity index (χ0) is 32.7. The van der Waals surface area contributed by atoms with E-state index in [1.54, 1.807) is 0 Å². The molecule has 4 aliphatic rings. The Balaban J connectivity index is 0.000000801. The van der Waals surface area contributed by atoms with Gasteiger partial charge in [0.1, 0.15) is 0 Å². The van der Waals surface area contributed by atoms with Crippen LogP contribution in [0, 0.1) is 58.2 Å². The molecular weight excluding hydrogens is 572 g/mol. The van der Waals surface area contributed by atoms with Gasteiger partial charge in [-0.15, -0.1) is 0 Å². The first kappa shape index (κ1) is 37.8. The Bertz CT molecular complexity index is 1000. The van der Waals surface area contributed by atoms with E-state index >= 15 is 0 Å². The van der Waals surface area contributed by atoms with Crippen LogP contribution in [0.15, 0.2) is 0 Å². The molecule has 0 aliphatic heterocycles. The number of nitrogens with zero attached hydrogens (tertiary/aromatic N) is 1. The summed E-state index contributed by atoms with van der Waals surface area (Å²) in [6.07, 6.45) is 17.1. The summed E-state index contributed by atoms with van der Waals surface area (Å²) in [6, 6.07) is 0. The average molecular weight is 641 g/mol. The highest BCUT2D eigenvalue weighted by molar-refractivity contribution is 7.80. The normalized spacial score (nSPS) is 35.7. The molecule has 1 amide bonds. The second-order valence-corrected chi connectivity index (χ2v) is 17.4. The van der Waals surface area contributed by atoms with Crippen molar-refractivity contribution in [2.24, 2.45) is 58.2 Å². The van der Waals surface area contributed by atoms with Crippen LogP contribution >= 0.6 is 0 Å². The van der Waals surface area contributed by atoms with Crippen LogP contribution in [0.3, 0.4) is 0 Å². The SMILES string of the molecule is CC(C)CCC[C@@H](C)[C@H]1CC[C@H]2[C@@H]3CCC4CC(C(=O)NCCCOS(=O)(=O)O)CC[C@]4(C)[C@H]3CC[C@]12C.CCCN(C)C. The number of nitrogens with one attached hydrogen (secondary N) is 1. The van der Waals surface area contributed by atoms with E-state index in [2.05, 4.69) is 70.0 Å². The van der Waals surface area contributed by atoms with Crippen LogP contribution < -0.4 is 5.32 Å². The van der Waals surface area contributed by atoms with Gasteiger partial charge in [0.15, 0.2) is 0 Å². The summed E-state index contributed by atoms with van der Waals surface area (Å²) in [5.74, 6) is 5.93. The molecule has 2 N–H and O–H groups in total. The van der Waals surface area contributed by atoms with Crippen LogP contribution in [0.1, 0.15) is 131 Å². The van der Waals surface area contributed by atoms with Crippen molar-refractivity contribution in [1.82, 2.24) is 10.2 Å². The van der Waals surface area contributed by atoms with Crippen LogP contribution in [0.2, 0.25) is 0 Å². The van der Waals surface area contributed by atoms with E-state index in [-0.39, 0.29) is 18.4 Å². The molecule has 0 radical (unpaired) electrons. The predicted molar refractivity (Wildman–Crippen MR) is 181 cm³/mol. The van der Waals surface area contributed by atoms with E-state index in [9.17, 15) is 13.2 Å². The van der Waals surface area contributed by atoms with Gasteiger partial charge in [-0.2, -0.15) is 8.42 Å². The van der Waals surface area contributed by atoms with Crippen molar-refractivity contribution in [2.45, 2.75) is 131 Å². The van der Waals surface area contributed by atoms with E-state index in [1.807, 2.05) is 0 Å². The van der Waals surface area contributed by atoms with Crippen LogP contribution in [-0.2, 0) is 19.4 Å². The van der Waals surface area contributed by atoms with Gasteiger partial charge in [0.05, 0.1) is 6.61 Å². The number of hydrogen-bond donors (Lipinski definition) is 2. The highest BCUT2D eigenvalue weighted by atomic mass is 32.3. The highest BCUT2D eigenvalue weighted by Gasteiger charge is 2.60. The van der Waals surface area contributed by atoms with Gasteiger partial charge in [0.25, 0.3) is 0 Å². The van der Waals surface area contributed by atoms with Crippen molar-refractivity contribution in [1.29, 1.82) is 0 Å². The number of hydrogen-bond acceptors (Lipinski definition) is 5. The molecule has 2 unspecified atom stereocenters. The molecule has 7 nitrogen and oxygen atoms in total. The van der Waals surface area contributed by atoms with Crippen molar-refractivity contribution in [3.63, 3.8) is 0 Å². The Kier molecular flexibility index (Phi) is 14.1. The van der Waals surface area contributed by atoms with Gasteiger partial charge in [0, 0.05) is 12.5 Å². The third kappa shape index (κ3) is 9.67. The number of amides is 1. The molecule has 0 aromatic rings. The third-order valence-corrected chi connectivity index (χ3v) is 13.2. The summed E-state index contributed by atoms with van der Waals surface area (Å²) in [5, 5.41) is 2.98. The largest absolute Gasteiger partial charge is 0.397 e. The quantitative estimate of drug-likeness (QED) is 0.156. The van der Waals surface area contributed by atoms with Crippen LogP contribution in [0.5, 0.6) is 0 Å². The maximum absolute atomic E-state index is 12.9. The Morgan fingerprint density at radius 3 is 2.25 bits per heavy atom. The molecule has 0 spiro atoms. The van der Waals surface area contributed by atoms with Gasteiger partial charge in [-0.3, -0.25) is 9.35 Å². The van der Waals surface area contributed by atoms with Gasteiger partial charge in [-0.25, -0.2) is 4.18 Å². The molecule has 0 heterocycles. The predicted octanol–water partition coefficient (Wildman–Crippen LogP) is 8.01. The zero-order valence-electron chi connectivity index (χ0n) is 29.6. The molecule has 0 aromatic heterocycles. The van der Waals surface area contributed by atoms with Crippen LogP contribution in [-0.4, -0.2) is 57.6 Å². The van der Waals surface area contributed by atoms with E-state index in [0.29, 0.717) is 29.7 Å². The second kappa shape index (κ2) is 16.4. The minimum absolute atomic E-state index is 0.0588. The summed E-state index contributed by atoms with van der Waals surface area (Å²) in [4.78, 5) is 15.1. The molecule has 0 bridgehead atoms. The molecule has 44 heavy (non-hydrogen) atoms. The topological polar surface area (TPSA) is 95.9 Å². The summed E-state index contributed by atoms with van der Waals surface area (Å²) in [5.41, 5.74) is 0.892. The molecule has 0 aromatic carbocycles. The van der Waals surface area contributed by atoms with Crippen molar-refractivity contribution in [2.75, 3.05) is 33.8 Å². The minimum Gasteiger partial charge on any atom is -0.356 e.